The fraction of sp³-hybridized carbons (Fsp3) is 0.550. The van der Waals surface area contributed by atoms with E-state index in [0.29, 0.717) is 23.5 Å². The van der Waals surface area contributed by atoms with E-state index in [9.17, 15) is 9.90 Å². The summed E-state index contributed by atoms with van der Waals surface area (Å²) in [6, 6.07) is 6.12. The number of fused-ring (bicyclic) bond motifs is 5. The molecule has 1 aromatic carbocycles. The van der Waals surface area contributed by atoms with Crippen molar-refractivity contribution in [1.29, 1.82) is 0 Å². The predicted molar refractivity (Wildman–Crippen MR) is 88.3 cm³/mol. The second kappa shape index (κ2) is 5.20. The number of aliphatic hydroxyl groups excluding tert-OH is 1. The highest BCUT2D eigenvalue weighted by Crippen LogP contribution is 2.58. The van der Waals surface area contributed by atoms with E-state index in [2.05, 4.69) is 19.1 Å². The molecule has 0 heterocycles. The third-order valence-electron chi connectivity index (χ3n) is 6.43. The van der Waals surface area contributed by atoms with Gasteiger partial charge in [-0.3, -0.25) is 4.79 Å². The molecule has 3 aliphatic rings. The summed E-state index contributed by atoms with van der Waals surface area (Å²) in [6.07, 6.45) is 8.36. The molecule has 5 atom stereocenters. The highest BCUT2D eigenvalue weighted by Gasteiger charge is 2.52. The van der Waals surface area contributed by atoms with E-state index >= 15 is 0 Å². The summed E-state index contributed by atoms with van der Waals surface area (Å²) in [5, 5.41) is 10.4. The largest absolute Gasteiger partial charge is 0.427 e. The molecule has 3 heteroatoms. The maximum atomic E-state index is 11.1. The molecule has 0 radical (unpaired) electrons. The third kappa shape index (κ3) is 2.25. The van der Waals surface area contributed by atoms with Crippen LogP contribution in [0, 0.1) is 17.3 Å². The average Bonchev–Trinajstić information content (AvgIpc) is 2.82. The summed E-state index contributed by atoms with van der Waals surface area (Å²) >= 11 is 0. The van der Waals surface area contributed by atoms with E-state index in [1.54, 1.807) is 0 Å². The summed E-state index contributed by atoms with van der Waals surface area (Å²) in [5.41, 5.74) is 2.78. The smallest absolute Gasteiger partial charge is 0.308 e. The van der Waals surface area contributed by atoms with E-state index in [1.165, 1.54) is 18.1 Å². The van der Waals surface area contributed by atoms with E-state index in [0.717, 1.165) is 25.7 Å². The average molecular weight is 312 g/mol. The Balaban J connectivity index is 1.65. The standard InChI is InChI=1S/C20H24O3/c1-12(21)23-14-4-6-15-13(11-14)3-5-17-16(15)9-10-20(2)18(17)7-8-19(20)22/h4,6-8,11,16-19,22H,3,5,9-10H2,1-2H3/t16-,17-,18+,19-,20+/m1/s1. The number of carbonyl (C=O) groups is 1. The number of ether oxygens (including phenoxy) is 1. The molecule has 0 amide bonds. The van der Waals surface area contributed by atoms with Crippen molar-refractivity contribution >= 4 is 5.97 Å². The zero-order chi connectivity index (χ0) is 16.2. The molecule has 1 aromatic rings. The lowest BCUT2D eigenvalue weighted by Crippen LogP contribution is -2.44. The molecular weight excluding hydrogens is 288 g/mol. The highest BCUT2D eigenvalue weighted by atomic mass is 16.5. The minimum atomic E-state index is -0.291. The fourth-order valence-electron chi connectivity index (χ4n) is 5.22. The number of carbonyl (C=O) groups excluding carboxylic acids is 1. The minimum absolute atomic E-state index is 0.0242. The van der Waals surface area contributed by atoms with E-state index in [1.807, 2.05) is 18.2 Å². The van der Waals surface area contributed by atoms with Crippen LogP contribution < -0.4 is 4.74 Å². The van der Waals surface area contributed by atoms with Crippen LogP contribution >= 0.6 is 0 Å². The van der Waals surface area contributed by atoms with Gasteiger partial charge >= 0.3 is 5.97 Å². The first-order valence-electron chi connectivity index (χ1n) is 8.66. The van der Waals surface area contributed by atoms with Gasteiger partial charge in [-0.05, 0) is 66.7 Å². The van der Waals surface area contributed by atoms with Gasteiger partial charge in [-0.1, -0.05) is 25.1 Å². The number of benzene rings is 1. The molecule has 3 nitrogen and oxygen atoms in total. The molecule has 0 aliphatic heterocycles. The summed E-state index contributed by atoms with van der Waals surface area (Å²) in [6.45, 7) is 3.69. The molecule has 23 heavy (non-hydrogen) atoms. The minimum Gasteiger partial charge on any atom is -0.427 e. The van der Waals surface area contributed by atoms with Crippen LogP contribution in [0.25, 0.3) is 0 Å². The summed E-state index contributed by atoms with van der Waals surface area (Å²) in [5.74, 6) is 2.06. The second-order valence-electron chi connectivity index (χ2n) is 7.66. The molecule has 1 N–H and O–H groups in total. The maximum absolute atomic E-state index is 11.1. The van der Waals surface area contributed by atoms with Gasteiger partial charge in [-0.15, -0.1) is 0 Å². The number of hydrogen-bond donors (Lipinski definition) is 1. The first kappa shape index (κ1) is 14.9. The Hall–Kier alpha value is -1.61. The molecule has 0 spiro atoms. The van der Waals surface area contributed by atoms with Gasteiger partial charge in [-0.2, -0.15) is 0 Å². The molecule has 0 bridgehead atoms. The zero-order valence-corrected chi connectivity index (χ0v) is 13.8. The molecule has 0 aromatic heterocycles. The van der Waals surface area contributed by atoms with Crippen LogP contribution in [-0.4, -0.2) is 17.2 Å². The Morgan fingerprint density at radius 2 is 2.13 bits per heavy atom. The Morgan fingerprint density at radius 3 is 2.91 bits per heavy atom. The van der Waals surface area contributed by atoms with E-state index in [-0.39, 0.29) is 17.5 Å². The Labute approximate surface area is 137 Å². The van der Waals surface area contributed by atoms with Crippen LogP contribution in [0.3, 0.4) is 0 Å². The molecule has 1 fully saturated rings. The fourth-order valence-corrected chi connectivity index (χ4v) is 5.22. The van der Waals surface area contributed by atoms with Crippen molar-refractivity contribution in [3.05, 3.63) is 41.5 Å². The van der Waals surface area contributed by atoms with E-state index < -0.39 is 0 Å². The summed E-state index contributed by atoms with van der Waals surface area (Å²) < 4.78 is 5.23. The normalized spacial score (nSPS) is 37.7. The monoisotopic (exact) mass is 312 g/mol. The lowest BCUT2D eigenvalue weighted by Gasteiger charge is -2.50. The summed E-state index contributed by atoms with van der Waals surface area (Å²) in [4.78, 5) is 11.1. The molecule has 3 aliphatic carbocycles. The SMILES string of the molecule is CC(=O)Oc1ccc2c(c1)CC[C@@H]1[C@@H]2CC[C@]2(C)[C@H](O)C=C[C@@H]12. The Bertz CT molecular complexity index is 677. The van der Waals surface area contributed by atoms with Crippen LogP contribution in [0.2, 0.25) is 0 Å². The lowest BCUT2D eigenvalue weighted by molar-refractivity contribution is -0.131. The molecule has 1 saturated carbocycles. The number of esters is 1. The van der Waals surface area contributed by atoms with Crippen molar-refractivity contribution in [2.24, 2.45) is 17.3 Å². The molecule has 4 rings (SSSR count). The number of aliphatic hydroxyl groups is 1. The van der Waals surface area contributed by atoms with E-state index in [4.69, 9.17) is 4.74 Å². The van der Waals surface area contributed by atoms with Crippen molar-refractivity contribution < 1.29 is 14.6 Å². The molecule has 0 unspecified atom stereocenters. The quantitative estimate of drug-likeness (QED) is 0.489. The number of allylic oxidation sites excluding steroid dienone is 1. The topological polar surface area (TPSA) is 46.5 Å². The number of rotatable bonds is 1. The van der Waals surface area contributed by atoms with Gasteiger partial charge in [0, 0.05) is 12.3 Å². The van der Waals surface area contributed by atoms with Crippen LogP contribution in [0.5, 0.6) is 5.75 Å². The van der Waals surface area contributed by atoms with Crippen molar-refractivity contribution in [3.63, 3.8) is 0 Å². The molecule has 122 valence electrons. The van der Waals surface area contributed by atoms with Crippen molar-refractivity contribution in [2.75, 3.05) is 0 Å². The molecule has 0 saturated heterocycles. The second-order valence-corrected chi connectivity index (χ2v) is 7.66. The van der Waals surface area contributed by atoms with Crippen LogP contribution in [0.15, 0.2) is 30.4 Å². The number of hydrogen-bond acceptors (Lipinski definition) is 3. The van der Waals surface area contributed by atoms with Gasteiger partial charge in [0.15, 0.2) is 0 Å². The van der Waals surface area contributed by atoms with Gasteiger partial charge < -0.3 is 9.84 Å². The van der Waals surface area contributed by atoms with Crippen LogP contribution in [-0.2, 0) is 11.2 Å². The third-order valence-corrected chi connectivity index (χ3v) is 6.43. The van der Waals surface area contributed by atoms with Gasteiger partial charge in [-0.25, -0.2) is 0 Å². The van der Waals surface area contributed by atoms with Crippen LogP contribution in [0.4, 0.5) is 0 Å². The lowest BCUT2D eigenvalue weighted by atomic mass is 9.55. The van der Waals surface area contributed by atoms with Gasteiger partial charge in [0.25, 0.3) is 0 Å². The van der Waals surface area contributed by atoms with Gasteiger partial charge in [0.05, 0.1) is 6.10 Å². The van der Waals surface area contributed by atoms with Crippen molar-refractivity contribution in [1.82, 2.24) is 0 Å². The Kier molecular flexibility index (Phi) is 3.38. The predicted octanol–water partition coefficient (Wildman–Crippen LogP) is 3.60. The first-order valence-corrected chi connectivity index (χ1v) is 8.66. The maximum Gasteiger partial charge on any atom is 0.308 e. The zero-order valence-electron chi connectivity index (χ0n) is 13.8. The first-order chi connectivity index (χ1) is 11.0. The highest BCUT2D eigenvalue weighted by molar-refractivity contribution is 5.69. The molecular formula is C20H24O3. The number of aryl methyl sites for hydroxylation is 1. The van der Waals surface area contributed by atoms with Gasteiger partial charge in [0.2, 0.25) is 0 Å². The van der Waals surface area contributed by atoms with Crippen LogP contribution in [0.1, 0.15) is 50.2 Å². The Morgan fingerprint density at radius 1 is 1.30 bits per heavy atom. The van der Waals surface area contributed by atoms with Crippen molar-refractivity contribution in [2.45, 2.75) is 51.6 Å². The van der Waals surface area contributed by atoms with Crippen molar-refractivity contribution in [3.8, 4) is 5.75 Å². The van der Waals surface area contributed by atoms with Gasteiger partial charge in [0.1, 0.15) is 5.75 Å². The summed E-state index contributed by atoms with van der Waals surface area (Å²) in [7, 11) is 0.